The van der Waals surface area contributed by atoms with E-state index in [9.17, 15) is 15.0 Å². The monoisotopic (exact) mass is 527 g/mol. The summed E-state index contributed by atoms with van der Waals surface area (Å²) in [6.45, 7) is 15.4. The van der Waals surface area contributed by atoms with Crippen LogP contribution in [0.5, 0.6) is 5.75 Å². The molecule has 0 saturated heterocycles. The number of carboxylic acids is 1. The SMILES string of the molecule is CCN(CC)c1ccc(-c2cc(C(O)C=Cc3ccc(C(=O)O)c(O)c3)cc3c2C(C)(C)CCC3(C)C)cc1. The van der Waals surface area contributed by atoms with Gasteiger partial charge in [-0.2, -0.15) is 0 Å². The predicted molar refractivity (Wildman–Crippen MR) is 160 cm³/mol. The number of carbonyl (C=O) groups is 1. The third-order valence-corrected chi connectivity index (χ3v) is 8.31. The Bertz CT molecular complexity index is 1380. The van der Waals surface area contributed by atoms with Gasteiger partial charge in [-0.25, -0.2) is 4.79 Å². The Kier molecular flexibility index (Phi) is 7.94. The van der Waals surface area contributed by atoms with Gasteiger partial charge in [0.25, 0.3) is 0 Å². The van der Waals surface area contributed by atoms with E-state index in [1.165, 1.54) is 28.9 Å². The number of aliphatic hydroxyl groups is 1. The molecule has 0 fully saturated rings. The van der Waals surface area contributed by atoms with Crippen LogP contribution in [-0.2, 0) is 10.8 Å². The van der Waals surface area contributed by atoms with Crippen LogP contribution in [0, 0.1) is 0 Å². The van der Waals surface area contributed by atoms with E-state index in [1.54, 1.807) is 18.2 Å². The van der Waals surface area contributed by atoms with Crippen molar-refractivity contribution in [3.05, 3.63) is 88.5 Å². The van der Waals surface area contributed by atoms with Crippen molar-refractivity contribution in [3.8, 4) is 16.9 Å². The Hall–Kier alpha value is -3.57. The zero-order valence-corrected chi connectivity index (χ0v) is 24.0. The maximum Gasteiger partial charge on any atom is 0.339 e. The molecule has 0 radical (unpaired) electrons. The summed E-state index contributed by atoms with van der Waals surface area (Å²) in [5.41, 5.74) is 7.37. The minimum absolute atomic E-state index is 0.000462. The number of benzene rings is 3. The molecule has 0 heterocycles. The van der Waals surface area contributed by atoms with Gasteiger partial charge in [-0.3, -0.25) is 0 Å². The van der Waals surface area contributed by atoms with Crippen LogP contribution >= 0.6 is 0 Å². The standard InChI is InChI=1S/C34H41NO4/c1-7-35(8-2)25-13-11-23(12-14-25)27-20-24(21-28-31(27)34(5,6)18-17-33(28,3)4)29(36)16-10-22-9-15-26(32(38)39)30(37)19-22/h9-16,19-21,29,36-37H,7-8,17-18H2,1-6H3,(H,38,39). The molecule has 0 bridgehead atoms. The minimum Gasteiger partial charge on any atom is -0.507 e. The maximum atomic E-state index is 11.3. The van der Waals surface area contributed by atoms with Crippen molar-refractivity contribution >= 4 is 17.7 Å². The van der Waals surface area contributed by atoms with Gasteiger partial charge in [0.15, 0.2) is 0 Å². The lowest BCUT2D eigenvalue weighted by Crippen LogP contribution is -2.34. The maximum absolute atomic E-state index is 11.3. The van der Waals surface area contributed by atoms with Crippen molar-refractivity contribution in [1.82, 2.24) is 0 Å². The van der Waals surface area contributed by atoms with E-state index in [4.69, 9.17) is 5.11 Å². The number of anilines is 1. The van der Waals surface area contributed by atoms with Gasteiger partial charge in [-0.1, -0.05) is 64.1 Å². The molecule has 1 atom stereocenters. The first-order valence-corrected chi connectivity index (χ1v) is 13.8. The van der Waals surface area contributed by atoms with Crippen LogP contribution in [0.2, 0.25) is 0 Å². The van der Waals surface area contributed by atoms with Gasteiger partial charge >= 0.3 is 5.97 Å². The lowest BCUT2D eigenvalue weighted by atomic mass is 9.61. The van der Waals surface area contributed by atoms with Gasteiger partial charge in [0.1, 0.15) is 11.3 Å². The first kappa shape index (κ1) is 28.4. The van der Waals surface area contributed by atoms with E-state index in [2.05, 4.69) is 82.8 Å². The number of phenols is 1. The average molecular weight is 528 g/mol. The zero-order valence-electron chi connectivity index (χ0n) is 24.0. The summed E-state index contributed by atoms with van der Waals surface area (Å²) in [7, 11) is 0. The van der Waals surface area contributed by atoms with Crippen LogP contribution in [0.25, 0.3) is 17.2 Å². The Morgan fingerprint density at radius 3 is 2.18 bits per heavy atom. The van der Waals surface area contributed by atoms with E-state index < -0.39 is 12.1 Å². The largest absolute Gasteiger partial charge is 0.507 e. The second-order valence-electron chi connectivity index (χ2n) is 11.9. The van der Waals surface area contributed by atoms with Crippen molar-refractivity contribution in [2.24, 2.45) is 0 Å². The van der Waals surface area contributed by atoms with Gasteiger partial charge in [0.2, 0.25) is 0 Å². The number of aromatic carboxylic acids is 1. The fraction of sp³-hybridized carbons (Fsp3) is 0.382. The number of fused-ring (bicyclic) bond motifs is 1. The molecule has 0 amide bonds. The Balaban J connectivity index is 1.80. The van der Waals surface area contributed by atoms with E-state index in [0.29, 0.717) is 5.56 Å². The Morgan fingerprint density at radius 2 is 1.59 bits per heavy atom. The first-order valence-electron chi connectivity index (χ1n) is 13.8. The molecule has 3 N–H and O–H groups in total. The lowest BCUT2D eigenvalue weighted by Gasteiger charge is -2.43. The van der Waals surface area contributed by atoms with Crippen molar-refractivity contribution in [3.63, 3.8) is 0 Å². The molecule has 0 spiro atoms. The molecule has 206 valence electrons. The van der Waals surface area contributed by atoms with Crippen LogP contribution in [0.4, 0.5) is 5.69 Å². The minimum atomic E-state index is -1.18. The van der Waals surface area contributed by atoms with Crippen molar-refractivity contribution in [2.45, 2.75) is 71.3 Å². The summed E-state index contributed by atoms with van der Waals surface area (Å²) >= 11 is 0. The third-order valence-electron chi connectivity index (χ3n) is 8.31. The van der Waals surface area contributed by atoms with E-state index in [0.717, 1.165) is 42.6 Å². The van der Waals surface area contributed by atoms with Gasteiger partial charge in [-0.05, 0) is 101 Å². The molecule has 39 heavy (non-hydrogen) atoms. The molecule has 0 aromatic heterocycles. The highest BCUT2D eigenvalue weighted by Crippen LogP contribution is 2.50. The molecule has 4 rings (SSSR count). The number of hydrogen-bond donors (Lipinski definition) is 3. The molecule has 1 aliphatic carbocycles. The van der Waals surface area contributed by atoms with Crippen LogP contribution in [-0.4, -0.2) is 34.4 Å². The fourth-order valence-electron chi connectivity index (χ4n) is 5.80. The number of rotatable bonds is 8. The number of aliphatic hydroxyl groups excluding tert-OH is 1. The smallest absolute Gasteiger partial charge is 0.339 e. The number of carboxylic acid groups (broad SMARTS) is 1. The number of aromatic hydroxyl groups is 1. The second-order valence-corrected chi connectivity index (χ2v) is 11.9. The highest BCUT2D eigenvalue weighted by Gasteiger charge is 2.39. The molecular weight excluding hydrogens is 486 g/mol. The van der Waals surface area contributed by atoms with Gasteiger partial charge < -0.3 is 20.2 Å². The first-order chi connectivity index (χ1) is 18.4. The number of hydrogen-bond acceptors (Lipinski definition) is 4. The van der Waals surface area contributed by atoms with E-state index in [-0.39, 0.29) is 22.1 Å². The molecule has 5 heteroatoms. The Morgan fingerprint density at radius 1 is 0.949 bits per heavy atom. The van der Waals surface area contributed by atoms with Crippen LogP contribution in [0.1, 0.15) is 93.1 Å². The van der Waals surface area contributed by atoms with Crippen molar-refractivity contribution < 1.29 is 20.1 Å². The zero-order chi connectivity index (χ0) is 28.5. The second kappa shape index (κ2) is 10.9. The molecule has 5 nitrogen and oxygen atoms in total. The molecule has 3 aromatic carbocycles. The van der Waals surface area contributed by atoms with Gasteiger partial charge in [0.05, 0.1) is 6.10 Å². The highest BCUT2D eigenvalue weighted by atomic mass is 16.4. The molecule has 0 aliphatic heterocycles. The Labute approximate surface area is 232 Å². The van der Waals surface area contributed by atoms with E-state index in [1.807, 2.05) is 0 Å². The summed E-state index contributed by atoms with van der Waals surface area (Å²) in [6, 6.07) is 17.4. The molecule has 3 aromatic rings. The molecule has 0 saturated carbocycles. The molecule has 1 aliphatic rings. The summed E-state index contributed by atoms with van der Waals surface area (Å²) in [4.78, 5) is 13.5. The quantitative estimate of drug-likeness (QED) is 0.280. The van der Waals surface area contributed by atoms with Crippen molar-refractivity contribution in [1.29, 1.82) is 0 Å². The lowest BCUT2D eigenvalue weighted by molar-refractivity contribution is 0.0693. The van der Waals surface area contributed by atoms with Gasteiger partial charge in [0, 0.05) is 18.8 Å². The summed E-state index contributed by atoms with van der Waals surface area (Å²) in [5, 5.41) is 30.5. The van der Waals surface area contributed by atoms with Crippen molar-refractivity contribution in [2.75, 3.05) is 18.0 Å². The fourth-order valence-corrected chi connectivity index (χ4v) is 5.80. The topological polar surface area (TPSA) is 81.0 Å². The van der Waals surface area contributed by atoms with Gasteiger partial charge in [-0.15, -0.1) is 0 Å². The predicted octanol–water partition coefficient (Wildman–Crippen LogP) is 7.70. The summed E-state index contributed by atoms with van der Waals surface area (Å²) < 4.78 is 0. The van der Waals surface area contributed by atoms with E-state index >= 15 is 0 Å². The third kappa shape index (κ3) is 5.74. The highest BCUT2D eigenvalue weighted by molar-refractivity contribution is 5.91. The average Bonchev–Trinajstić information content (AvgIpc) is 2.90. The molecule has 1 unspecified atom stereocenters. The summed E-state index contributed by atoms with van der Waals surface area (Å²) in [6.07, 6.45) is 4.69. The molecular formula is C34H41NO4. The number of nitrogens with zero attached hydrogens (tertiary/aromatic N) is 1. The summed E-state index contributed by atoms with van der Waals surface area (Å²) in [5.74, 6) is -1.48. The van der Waals surface area contributed by atoms with Crippen LogP contribution < -0.4 is 4.90 Å². The normalized spacial score (nSPS) is 16.6. The van der Waals surface area contributed by atoms with Crippen LogP contribution in [0.15, 0.2) is 60.7 Å². The van der Waals surface area contributed by atoms with Crippen LogP contribution in [0.3, 0.4) is 0 Å².